The Morgan fingerprint density at radius 1 is 1.00 bits per heavy atom. The van der Waals surface area contributed by atoms with E-state index in [9.17, 15) is 23.4 Å². The fraction of sp³-hybridized carbons (Fsp3) is 0.143. The molecule has 1 atom stereocenters. The van der Waals surface area contributed by atoms with Crippen molar-refractivity contribution in [2.45, 2.75) is 12.3 Å². The van der Waals surface area contributed by atoms with Crippen LogP contribution < -0.4 is 5.73 Å². The molecule has 0 radical (unpaired) electrons. The third kappa shape index (κ3) is 2.85. The van der Waals surface area contributed by atoms with E-state index >= 15 is 0 Å². The molecule has 0 aliphatic carbocycles. The zero-order valence-electron chi connectivity index (χ0n) is 10.2. The van der Waals surface area contributed by atoms with Crippen LogP contribution in [0.25, 0.3) is 0 Å². The van der Waals surface area contributed by atoms with Crippen molar-refractivity contribution in [1.29, 1.82) is 0 Å². The second-order valence-electron chi connectivity index (χ2n) is 4.34. The number of rotatable bonds is 2. The summed E-state index contributed by atoms with van der Waals surface area (Å²) in [5, 5.41) is 19.3. The molecule has 0 saturated heterocycles. The zero-order valence-corrected chi connectivity index (χ0v) is 10.2. The average molecular weight is 283 g/mol. The fourth-order valence-corrected chi connectivity index (χ4v) is 1.85. The molecule has 0 amide bonds. The van der Waals surface area contributed by atoms with Crippen LogP contribution in [0.5, 0.6) is 5.75 Å². The van der Waals surface area contributed by atoms with Gasteiger partial charge in [-0.1, -0.05) is 18.2 Å². The maximum Gasteiger partial charge on any atom is 0.416 e. The quantitative estimate of drug-likeness (QED) is 0.742. The summed E-state index contributed by atoms with van der Waals surface area (Å²) in [5.74, 6) is -0.0501. The molecular weight excluding hydrogens is 271 g/mol. The predicted octanol–water partition coefficient (Wildman–Crippen LogP) is 3.07. The summed E-state index contributed by atoms with van der Waals surface area (Å²) >= 11 is 0. The van der Waals surface area contributed by atoms with E-state index in [1.165, 1.54) is 30.3 Å². The number of nitrogens with two attached hydrogens (primary N) is 1. The highest BCUT2D eigenvalue weighted by atomic mass is 19.4. The summed E-state index contributed by atoms with van der Waals surface area (Å²) in [4.78, 5) is 0. The van der Waals surface area contributed by atoms with Crippen molar-refractivity contribution in [3.8, 4) is 5.75 Å². The highest BCUT2D eigenvalue weighted by Crippen LogP contribution is 2.32. The number of nitrogen functional groups attached to an aromatic ring is 1. The molecule has 0 fully saturated rings. The normalized spacial score (nSPS) is 13.2. The number of phenols is 1. The lowest BCUT2D eigenvalue weighted by Gasteiger charge is -2.15. The van der Waals surface area contributed by atoms with E-state index in [0.717, 1.165) is 12.1 Å². The van der Waals surface area contributed by atoms with E-state index in [4.69, 9.17) is 5.73 Å². The summed E-state index contributed by atoms with van der Waals surface area (Å²) in [6, 6.07) is 8.22. The largest absolute Gasteiger partial charge is 0.508 e. The third-order valence-electron chi connectivity index (χ3n) is 2.92. The number of aliphatic hydroxyl groups is 1. The second-order valence-corrected chi connectivity index (χ2v) is 4.34. The van der Waals surface area contributed by atoms with Gasteiger partial charge < -0.3 is 15.9 Å². The Morgan fingerprint density at radius 2 is 1.60 bits per heavy atom. The van der Waals surface area contributed by atoms with E-state index in [2.05, 4.69) is 0 Å². The molecule has 2 rings (SSSR count). The van der Waals surface area contributed by atoms with Crippen LogP contribution in [0.4, 0.5) is 18.9 Å². The number of hydrogen-bond donors (Lipinski definition) is 3. The topological polar surface area (TPSA) is 66.5 Å². The van der Waals surface area contributed by atoms with Gasteiger partial charge in [-0.2, -0.15) is 13.2 Å². The van der Waals surface area contributed by atoms with Gasteiger partial charge in [-0.15, -0.1) is 0 Å². The molecule has 0 aromatic heterocycles. The molecule has 106 valence electrons. The van der Waals surface area contributed by atoms with Gasteiger partial charge >= 0.3 is 6.18 Å². The Bertz CT molecular complexity index is 609. The molecule has 0 aliphatic heterocycles. The van der Waals surface area contributed by atoms with Crippen LogP contribution in [-0.2, 0) is 6.18 Å². The molecule has 4 N–H and O–H groups in total. The van der Waals surface area contributed by atoms with Crippen LogP contribution in [0.1, 0.15) is 22.8 Å². The van der Waals surface area contributed by atoms with Crippen LogP contribution in [-0.4, -0.2) is 10.2 Å². The zero-order chi connectivity index (χ0) is 14.9. The van der Waals surface area contributed by atoms with E-state index < -0.39 is 17.8 Å². The Labute approximate surface area is 113 Å². The minimum Gasteiger partial charge on any atom is -0.508 e. The molecule has 2 aromatic rings. The van der Waals surface area contributed by atoms with E-state index in [-0.39, 0.29) is 17.0 Å². The van der Waals surface area contributed by atoms with Crippen molar-refractivity contribution < 1.29 is 23.4 Å². The highest BCUT2D eigenvalue weighted by Gasteiger charge is 2.30. The maximum atomic E-state index is 12.4. The van der Waals surface area contributed by atoms with Crippen molar-refractivity contribution in [3.05, 3.63) is 59.2 Å². The molecule has 3 nitrogen and oxygen atoms in total. The first kappa shape index (κ1) is 14.2. The number of anilines is 1. The summed E-state index contributed by atoms with van der Waals surface area (Å²) in [6.45, 7) is 0. The number of hydrogen-bond acceptors (Lipinski definition) is 3. The van der Waals surface area contributed by atoms with Gasteiger partial charge in [0.25, 0.3) is 0 Å². The highest BCUT2D eigenvalue weighted by molar-refractivity contribution is 5.54. The number of halogens is 3. The second kappa shape index (κ2) is 5.05. The molecule has 0 heterocycles. The first-order valence-electron chi connectivity index (χ1n) is 5.72. The van der Waals surface area contributed by atoms with E-state index in [0.29, 0.717) is 5.56 Å². The summed E-state index contributed by atoms with van der Waals surface area (Å²) in [5.41, 5.74) is 5.65. The number of phenolic OH excluding ortho intramolecular Hbond substituents is 1. The van der Waals surface area contributed by atoms with Gasteiger partial charge in [0.15, 0.2) is 0 Å². The Hall–Kier alpha value is -2.21. The van der Waals surface area contributed by atoms with Crippen LogP contribution in [0.3, 0.4) is 0 Å². The van der Waals surface area contributed by atoms with Crippen molar-refractivity contribution in [3.63, 3.8) is 0 Å². The van der Waals surface area contributed by atoms with Crippen molar-refractivity contribution in [2.24, 2.45) is 0 Å². The van der Waals surface area contributed by atoms with Crippen molar-refractivity contribution in [1.82, 2.24) is 0 Å². The van der Waals surface area contributed by atoms with Gasteiger partial charge in [-0.05, 0) is 23.8 Å². The summed E-state index contributed by atoms with van der Waals surface area (Å²) in [7, 11) is 0. The van der Waals surface area contributed by atoms with Crippen LogP contribution in [0, 0.1) is 0 Å². The smallest absolute Gasteiger partial charge is 0.416 e. The molecule has 0 spiro atoms. The lowest BCUT2D eigenvalue weighted by molar-refractivity contribution is -0.137. The van der Waals surface area contributed by atoms with Gasteiger partial charge in [0, 0.05) is 17.3 Å². The molecule has 20 heavy (non-hydrogen) atoms. The number of aliphatic hydroxyl groups excluding tert-OH is 1. The lowest BCUT2D eigenvalue weighted by Crippen LogP contribution is -2.07. The number of aromatic hydroxyl groups is 1. The third-order valence-corrected chi connectivity index (χ3v) is 2.92. The molecule has 2 aromatic carbocycles. The lowest BCUT2D eigenvalue weighted by atomic mass is 9.99. The molecular formula is C14H12F3NO2. The first-order valence-corrected chi connectivity index (χ1v) is 5.72. The molecule has 0 saturated carbocycles. The molecule has 6 heteroatoms. The Balaban J connectivity index is 2.31. The van der Waals surface area contributed by atoms with Gasteiger partial charge in [0.05, 0.1) is 5.56 Å². The average Bonchev–Trinajstić information content (AvgIpc) is 2.37. The Morgan fingerprint density at radius 3 is 2.10 bits per heavy atom. The predicted molar refractivity (Wildman–Crippen MR) is 68.0 cm³/mol. The van der Waals surface area contributed by atoms with Crippen molar-refractivity contribution >= 4 is 5.69 Å². The standard InChI is InChI=1S/C14H12F3NO2/c15-14(16,17)9-3-1-8(2-4-9)13(20)11-6-5-10(19)7-12(11)18/h1-7,13,19-20H,18H2. The van der Waals surface area contributed by atoms with E-state index in [1.807, 2.05) is 0 Å². The first-order chi connectivity index (χ1) is 9.29. The fourth-order valence-electron chi connectivity index (χ4n) is 1.85. The monoisotopic (exact) mass is 283 g/mol. The Kier molecular flexibility index (Phi) is 3.59. The summed E-state index contributed by atoms with van der Waals surface area (Å²) < 4.78 is 37.3. The van der Waals surface area contributed by atoms with Crippen molar-refractivity contribution in [2.75, 3.05) is 5.73 Å². The van der Waals surface area contributed by atoms with Gasteiger partial charge in [-0.25, -0.2) is 0 Å². The van der Waals surface area contributed by atoms with Crippen LogP contribution >= 0.6 is 0 Å². The SMILES string of the molecule is Nc1cc(O)ccc1C(O)c1ccc(C(F)(F)F)cc1. The maximum absolute atomic E-state index is 12.4. The minimum atomic E-state index is -4.42. The van der Waals surface area contributed by atoms with Gasteiger partial charge in [0.2, 0.25) is 0 Å². The molecule has 0 aliphatic rings. The number of alkyl halides is 3. The summed E-state index contributed by atoms with van der Waals surface area (Å²) in [6.07, 6.45) is -5.57. The number of benzene rings is 2. The van der Waals surface area contributed by atoms with Gasteiger partial charge in [-0.3, -0.25) is 0 Å². The minimum absolute atomic E-state index is 0.0501. The van der Waals surface area contributed by atoms with E-state index in [1.54, 1.807) is 0 Å². The molecule has 0 bridgehead atoms. The van der Waals surface area contributed by atoms with Gasteiger partial charge in [0.1, 0.15) is 11.9 Å². The molecule has 1 unspecified atom stereocenters. The van der Waals surface area contributed by atoms with Crippen LogP contribution in [0.2, 0.25) is 0 Å². The van der Waals surface area contributed by atoms with Crippen LogP contribution in [0.15, 0.2) is 42.5 Å².